The van der Waals surface area contributed by atoms with Crippen molar-refractivity contribution in [2.24, 2.45) is 0 Å². The number of carbonyl (C=O) groups excluding carboxylic acids is 3. The summed E-state index contributed by atoms with van der Waals surface area (Å²) in [7, 11) is 0. The Morgan fingerprint density at radius 2 is 0.506 bits per heavy atom. The van der Waals surface area contributed by atoms with E-state index < -0.39 is 6.10 Å². The molecular formula is C71H116O6. The molecule has 6 nitrogen and oxygen atoms in total. The Kier molecular flexibility index (Phi) is 60.4. The van der Waals surface area contributed by atoms with Crippen LogP contribution in [0.2, 0.25) is 0 Å². The highest BCUT2D eigenvalue weighted by Gasteiger charge is 2.19. The maximum absolute atomic E-state index is 12.8. The number of hydrogen-bond donors (Lipinski definition) is 0. The minimum absolute atomic E-state index is 0.0860. The van der Waals surface area contributed by atoms with E-state index in [9.17, 15) is 14.4 Å². The van der Waals surface area contributed by atoms with E-state index in [0.29, 0.717) is 19.3 Å². The van der Waals surface area contributed by atoms with Crippen LogP contribution in [0.25, 0.3) is 0 Å². The molecule has 0 fully saturated rings. The monoisotopic (exact) mass is 1060 g/mol. The Hall–Kier alpha value is -4.45. The highest BCUT2D eigenvalue weighted by atomic mass is 16.6. The number of esters is 3. The molecule has 0 spiro atoms. The maximum atomic E-state index is 12.8. The van der Waals surface area contributed by atoms with Gasteiger partial charge < -0.3 is 14.2 Å². The van der Waals surface area contributed by atoms with E-state index in [-0.39, 0.29) is 31.1 Å². The van der Waals surface area contributed by atoms with Crippen LogP contribution >= 0.6 is 0 Å². The first-order chi connectivity index (χ1) is 38.0. The number of hydrogen-bond acceptors (Lipinski definition) is 6. The molecule has 0 rings (SSSR count). The minimum atomic E-state index is -0.785. The van der Waals surface area contributed by atoms with Crippen molar-refractivity contribution in [3.63, 3.8) is 0 Å². The smallest absolute Gasteiger partial charge is 0.306 e. The zero-order chi connectivity index (χ0) is 55.7. The second kappa shape index (κ2) is 64.1. The van der Waals surface area contributed by atoms with Crippen molar-refractivity contribution < 1.29 is 28.6 Å². The van der Waals surface area contributed by atoms with Crippen molar-refractivity contribution in [2.75, 3.05) is 13.2 Å². The fourth-order valence-electron chi connectivity index (χ4n) is 8.47. The van der Waals surface area contributed by atoms with Crippen LogP contribution in [-0.2, 0) is 28.6 Å². The minimum Gasteiger partial charge on any atom is -0.462 e. The molecule has 6 heteroatoms. The van der Waals surface area contributed by atoms with E-state index in [0.717, 1.165) is 148 Å². The Bertz CT molecular complexity index is 1650. The summed E-state index contributed by atoms with van der Waals surface area (Å²) in [5, 5.41) is 0. The van der Waals surface area contributed by atoms with Gasteiger partial charge in [-0.2, -0.15) is 0 Å². The fraction of sp³-hybridized carbons (Fsp3) is 0.648. The molecule has 77 heavy (non-hydrogen) atoms. The average Bonchev–Trinajstić information content (AvgIpc) is 3.43. The van der Waals surface area contributed by atoms with Gasteiger partial charge in [0.1, 0.15) is 13.2 Å². The molecule has 0 aliphatic carbocycles. The van der Waals surface area contributed by atoms with E-state index in [2.05, 4.69) is 154 Å². The summed E-state index contributed by atoms with van der Waals surface area (Å²) in [4.78, 5) is 37.9. The molecule has 0 radical (unpaired) electrons. The first kappa shape index (κ1) is 72.5. The predicted molar refractivity (Wildman–Crippen MR) is 334 cm³/mol. The lowest BCUT2D eigenvalue weighted by Gasteiger charge is -2.18. The van der Waals surface area contributed by atoms with Gasteiger partial charge in [-0.3, -0.25) is 14.4 Å². The Balaban J connectivity index is 4.03. The molecule has 0 amide bonds. The molecule has 1 atom stereocenters. The molecule has 0 heterocycles. The summed E-state index contributed by atoms with van der Waals surface area (Å²) >= 11 is 0. The standard InChI is InChI=1S/C71H116O6/c1-4-7-10-13-15-17-19-21-23-25-27-28-29-30-31-32-33-34-35-36-37-38-39-40-41-42-44-45-47-49-51-53-55-58-61-64-70(73)76-67-68(66-75-69(72)63-60-57-12-9-6-3)77-71(74)65-62-59-56-54-52-50-48-46-43-26-24-22-20-18-16-14-11-8-5-2/h7-8,10-11,15-18,21-24,27-28,30-31,33-34,36-37,43,46,68H,4-6,9,12-14,19-20,25-26,29,32,35,38-42,44-45,47-67H2,1-3H3/b10-7-,11-8-,17-15-,18-16-,23-21-,24-22-,28-27-,31-30-,34-33-,37-36-,46-43-. The van der Waals surface area contributed by atoms with Gasteiger partial charge in [0.05, 0.1) is 0 Å². The molecule has 0 aromatic carbocycles. The van der Waals surface area contributed by atoms with Gasteiger partial charge in [0.25, 0.3) is 0 Å². The zero-order valence-corrected chi connectivity index (χ0v) is 49.9. The van der Waals surface area contributed by atoms with Gasteiger partial charge in [0.15, 0.2) is 6.10 Å². The van der Waals surface area contributed by atoms with Crippen molar-refractivity contribution in [3.8, 4) is 0 Å². The van der Waals surface area contributed by atoms with Crippen LogP contribution in [0.15, 0.2) is 134 Å². The van der Waals surface area contributed by atoms with Crippen LogP contribution < -0.4 is 0 Å². The molecule has 436 valence electrons. The summed E-state index contributed by atoms with van der Waals surface area (Å²) in [6.07, 6.45) is 90.8. The van der Waals surface area contributed by atoms with E-state index >= 15 is 0 Å². The molecular weight excluding hydrogens is 949 g/mol. The van der Waals surface area contributed by atoms with E-state index in [1.54, 1.807) is 0 Å². The first-order valence-electron chi connectivity index (χ1n) is 31.7. The van der Waals surface area contributed by atoms with Crippen LogP contribution in [-0.4, -0.2) is 37.2 Å². The van der Waals surface area contributed by atoms with Crippen molar-refractivity contribution in [3.05, 3.63) is 134 Å². The lowest BCUT2D eigenvalue weighted by molar-refractivity contribution is -0.167. The quantitative estimate of drug-likeness (QED) is 0.0261. The fourth-order valence-corrected chi connectivity index (χ4v) is 8.47. The molecule has 1 unspecified atom stereocenters. The summed E-state index contributed by atoms with van der Waals surface area (Å²) < 4.78 is 16.7. The number of allylic oxidation sites excluding steroid dienone is 22. The molecule has 0 bridgehead atoms. The summed E-state index contributed by atoms with van der Waals surface area (Å²) in [5.41, 5.74) is 0. The van der Waals surface area contributed by atoms with E-state index in [1.165, 1.54) is 89.9 Å². The molecule has 0 aliphatic heterocycles. The molecule has 0 aliphatic rings. The van der Waals surface area contributed by atoms with E-state index in [4.69, 9.17) is 14.2 Å². The third-order valence-corrected chi connectivity index (χ3v) is 13.2. The molecule has 0 saturated heterocycles. The first-order valence-corrected chi connectivity index (χ1v) is 31.7. The van der Waals surface area contributed by atoms with Gasteiger partial charge in [-0.1, -0.05) is 276 Å². The average molecular weight is 1070 g/mol. The Morgan fingerprint density at radius 3 is 0.792 bits per heavy atom. The van der Waals surface area contributed by atoms with Crippen LogP contribution in [0.3, 0.4) is 0 Å². The topological polar surface area (TPSA) is 78.9 Å². The number of unbranched alkanes of at least 4 members (excludes halogenated alkanes) is 23. The summed E-state index contributed by atoms with van der Waals surface area (Å²) in [6.45, 7) is 6.32. The van der Waals surface area contributed by atoms with Crippen molar-refractivity contribution in [1.29, 1.82) is 0 Å². The van der Waals surface area contributed by atoms with Crippen LogP contribution in [0.1, 0.15) is 278 Å². The number of ether oxygens (including phenoxy) is 3. The van der Waals surface area contributed by atoms with Crippen molar-refractivity contribution in [2.45, 2.75) is 284 Å². The summed E-state index contributed by atoms with van der Waals surface area (Å²) in [6, 6.07) is 0. The lowest BCUT2D eigenvalue weighted by atomic mass is 10.0. The summed E-state index contributed by atoms with van der Waals surface area (Å²) in [5.74, 6) is -0.914. The van der Waals surface area contributed by atoms with Gasteiger partial charge in [0.2, 0.25) is 0 Å². The van der Waals surface area contributed by atoms with Crippen LogP contribution in [0.5, 0.6) is 0 Å². The highest BCUT2D eigenvalue weighted by Crippen LogP contribution is 2.15. The predicted octanol–water partition coefficient (Wildman–Crippen LogP) is 21.8. The van der Waals surface area contributed by atoms with Crippen molar-refractivity contribution in [1.82, 2.24) is 0 Å². The molecule has 0 N–H and O–H groups in total. The lowest BCUT2D eigenvalue weighted by Crippen LogP contribution is -2.30. The molecule has 0 aromatic rings. The van der Waals surface area contributed by atoms with E-state index in [1.807, 2.05) is 0 Å². The third kappa shape index (κ3) is 62.3. The van der Waals surface area contributed by atoms with Gasteiger partial charge in [0, 0.05) is 19.3 Å². The molecule has 0 saturated carbocycles. The Morgan fingerprint density at radius 1 is 0.273 bits per heavy atom. The van der Waals surface area contributed by atoms with Gasteiger partial charge in [-0.25, -0.2) is 0 Å². The number of carbonyl (C=O) groups is 3. The van der Waals surface area contributed by atoms with Crippen molar-refractivity contribution >= 4 is 17.9 Å². The van der Waals surface area contributed by atoms with Gasteiger partial charge in [-0.05, 0) is 116 Å². The molecule has 0 aromatic heterocycles. The second-order valence-corrected chi connectivity index (χ2v) is 20.6. The van der Waals surface area contributed by atoms with Crippen LogP contribution in [0, 0.1) is 0 Å². The maximum Gasteiger partial charge on any atom is 0.306 e. The third-order valence-electron chi connectivity index (χ3n) is 13.2. The van der Waals surface area contributed by atoms with Gasteiger partial charge in [-0.15, -0.1) is 0 Å². The SMILES string of the molecule is CC/C=C\C/C=C\C/C=C\C/C=C\C/C=C\C/C=C\C/C=C\CCCCCCCCCCCCCCCC(=O)OCC(COC(=O)CCCCCCC)OC(=O)CCCCCCCC/C=C\C/C=C\C/C=C\C/C=C\CC. The largest absolute Gasteiger partial charge is 0.462 e. The number of rotatable bonds is 56. The van der Waals surface area contributed by atoms with Crippen LogP contribution in [0.4, 0.5) is 0 Å². The zero-order valence-electron chi connectivity index (χ0n) is 49.9. The second-order valence-electron chi connectivity index (χ2n) is 20.6. The highest BCUT2D eigenvalue weighted by molar-refractivity contribution is 5.71. The Labute approximate surface area is 475 Å². The normalized spacial score (nSPS) is 13.0. The van der Waals surface area contributed by atoms with Gasteiger partial charge >= 0.3 is 17.9 Å².